The fraction of sp³-hybridized carbons (Fsp3) is 0.533. The standard InChI is InChI=1S/C15H18F2N2OS/c16-15(17)21-12-7-2-1-6-11(12)19-14(20)13-10-5-3-4-9(10)8-18-13/h1-2,6-7,9-10,13,15,18H,3-5,8H2,(H,19,20). The van der Waals surface area contributed by atoms with Crippen LogP contribution in [0, 0.1) is 11.8 Å². The summed E-state index contributed by atoms with van der Waals surface area (Å²) in [6.45, 7) is 0.885. The maximum absolute atomic E-state index is 12.6. The number of alkyl halides is 2. The molecule has 0 spiro atoms. The lowest BCUT2D eigenvalue weighted by atomic mass is 9.93. The minimum atomic E-state index is -2.49. The minimum absolute atomic E-state index is 0.105. The summed E-state index contributed by atoms with van der Waals surface area (Å²) in [6, 6.07) is 6.52. The molecule has 2 N–H and O–H groups in total. The molecular weight excluding hydrogens is 294 g/mol. The third kappa shape index (κ3) is 3.21. The van der Waals surface area contributed by atoms with E-state index in [9.17, 15) is 13.6 Å². The Kier molecular flexibility index (Phi) is 4.45. The van der Waals surface area contributed by atoms with Crippen molar-refractivity contribution in [3.05, 3.63) is 24.3 Å². The molecule has 0 radical (unpaired) electrons. The Morgan fingerprint density at radius 1 is 1.33 bits per heavy atom. The number of halogens is 2. The van der Waals surface area contributed by atoms with Gasteiger partial charge in [-0.05, 0) is 43.4 Å². The third-order valence-electron chi connectivity index (χ3n) is 4.39. The normalized spacial score (nSPS) is 27.9. The molecule has 3 rings (SSSR count). The van der Waals surface area contributed by atoms with E-state index >= 15 is 0 Å². The fourth-order valence-corrected chi connectivity index (χ4v) is 4.05. The second kappa shape index (κ2) is 6.32. The maximum Gasteiger partial charge on any atom is 0.288 e. The second-order valence-corrected chi connectivity index (χ2v) is 6.64. The molecule has 2 fully saturated rings. The van der Waals surface area contributed by atoms with Crippen LogP contribution in [0.5, 0.6) is 0 Å². The van der Waals surface area contributed by atoms with Crippen LogP contribution in [0.25, 0.3) is 0 Å². The molecule has 1 heterocycles. The maximum atomic E-state index is 12.6. The van der Waals surface area contributed by atoms with Gasteiger partial charge in [-0.15, -0.1) is 0 Å². The van der Waals surface area contributed by atoms with E-state index in [1.807, 2.05) is 0 Å². The number of para-hydroxylation sites is 1. The van der Waals surface area contributed by atoms with Crippen molar-refractivity contribution in [2.45, 2.75) is 36.0 Å². The lowest BCUT2D eigenvalue weighted by molar-refractivity contribution is -0.118. The summed E-state index contributed by atoms with van der Waals surface area (Å²) < 4.78 is 25.1. The Bertz CT molecular complexity index is 526. The van der Waals surface area contributed by atoms with E-state index < -0.39 is 5.76 Å². The molecule has 1 amide bonds. The second-order valence-electron chi connectivity index (χ2n) is 5.60. The van der Waals surface area contributed by atoms with E-state index in [-0.39, 0.29) is 11.9 Å². The highest BCUT2D eigenvalue weighted by atomic mass is 32.2. The number of fused-ring (bicyclic) bond motifs is 1. The van der Waals surface area contributed by atoms with Gasteiger partial charge >= 0.3 is 0 Å². The van der Waals surface area contributed by atoms with Gasteiger partial charge in [0.15, 0.2) is 0 Å². The molecule has 1 saturated heterocycles. The van der Waals surface area contributed by atoms with E-state index in [0.717, 1.165) is 13.0 Å². The number of carbonyl (C=O) groups excluding carboxylic acids is 1. The number of hydrogen-bond donors (Lipinski definition) is 2. The summed E-state index contributed by atoms with van der Waals surface area (Å²) in [5.41, 5.74) is 0.469. The molecule has 3 unspecified atom stereocenters. The summed E-state index contributed by atoms with van der Waals surface area (Å²) in [7, 11) is 0. The van der Waals surface area contributed by atoms with Crippen LogP contribution in [0.3, 0.4) is 0 Å². The largest absolute Gasteiger partial charge is 0.324 e. The highest BCUT2D eigenvalue weighted by Crippen LogP contribution is 2.38. The van der Waals surface area contributed by atoms with Crippen LogP contribution in [-0.4, -0.2) is 24.3 Å². The molecule has 3 nitrogen and oxygen atoms in total. The van der Waals surface area contributed by atoms with Gasteiger partial charge in [0.1, 0.15) is 0 Å². The van der Waals surface area contributed by atoms with Crippen molar-refractivity contribution in [3.63, 3.8) is 0 Å². The van der Waals surface area contributed by atoms with Gasteiger partial charge in [0.05, 0.1) is 11.7 Å². The molecule has 1 aliphatic heterocycles. The van der Waals surface area contributed by atoms with Crippen LogP contribution >= 0.6 is 11.8 Å². The molecule has 1 saturated carbocycles. The number of thioether (sulfide) groups is 1. The zero-order valence-electron chi connectivity index (χ0n) is 11.5. The Labute approximate surface area is 126 Å². The first-order valence-electron chi connectivity index (χ1n) is 7.23. The lowest BCUT2D eigenvalue weighted by Crippen LogP contribution is -2.39. The van der Waals surface area contributed by atoms with Crippen molar-refractivity contribution in [3.8, 4) is 0 Å². The number of amides is 1. The smallest absolute Gasteiger partial charge is 0.288 e. The third-order valence-corrected chi connectivity index (χ3v) is 5.18. The van der Waals surface area contributed by atoms with Gasteiger partial charge in [-0.3, -0.25) is 4.79 Å². The van der Waals surface area contributed by atoms with Gasteiger partial charge in [-0.25, -0.2) is 0 Å². The van der Waals surface area contributed by atoms with Crippen molar-refractivity contribution < 1.29 is 13.6 Å². The number of hydrogen-bond acceptors (Lipinski definition) is 3. The highest BCUT2D eigenvalue weighted by molar-refractivity contribution is 7.99. The van der Waals surface area contributed by atoms with Crippen molar-refractivity contribution in [2.24, 2.45) is 11.8 Å². The number of anilines is 1. The average Bonchev–Trinajstić information content (AvgIpc) is 3.02. The Morgan fingerprint density at radius 3 is 2.95 bits per heavy atom. The molecule has 2 aliphatic rings. The molecule has 0 aromatic heterocycles. The first kappa shape index (κ1) is 14.8. The van der Waals surface area contributed by atoms with Crippen LogP contribution in [-0.2, 0) is 4.79 Å². The molecule has 6 heteroatoms. The van der Waals surface area contributed by atoms with Crippen molar-refractivity contribution in [1.29, 1.82) is 0 Å². The first-order chi connectivity index (χ1) is 10.1. The van der Waals surface area contributed by atoms with E-state index in [4.69, 9.17) is 0 Å². The summed E-state index contributed by atoms with van der Waals surface area (Å²) in [5.74, 6) is -1.62. The molecule has 1 aromatic rings. The minimum Gasteiger partial charge on any atom is -0.324 e. The number of nitrogens with one attached hydrogen (secondary N) is 2. The first-order valence-corrected chi connectivity index (χ1v) is 8.11. The lowest BCUT2D eigenvalue weighted by Gasteiger charge is -2.19. The van der Waals surface area contributed by atoms with E-state index in [0.29, 0.717) is 34.2 Å². The Morgan fingerprint density at radius 2 is 2.14 bits per heavy atom. The molecule has 1 aliphatic carbocycles. The molecule has 114 valence electrons. The van der Waals surface area contributed by atoms with Crippen LogP contribution in [0.1, 0.15) is 19.3 Å². The monoisotopic (exact) mass is 312 g/mol. The summed E-state index contributed by atoms with van der Waals surface area (Å²) in [5, 5.41) is 6.09. The molecule has 1 aromatic carbocycles. The van der Waals surface area contributed by atoms with Crippen LogP contribution in [0.15, 0.2) is 29.2 Å². The van der Waals surface area contributed by atoms with Crippen molar-refractivity contribution in [1.82, 2.24) is 5.32 Å². The van der Waals surface area contributed by atoms with Gasteiger partial charge in [-0.2, -0.15) is 8.78 Å². The Balaban J connectivity index is 1.70. The van der Waals surface area contributed by atoms with Crippen LogP contribution in [0.2, 0.25) is 0 Å². The predicted octanol–water partition coefficient (Wildman–Crippen LogP) is 3.33. The quantitative estimate of drug-likeness (QED) is 0.838. The van der Waals surface area contributed by atoms with Gasteiger partial charge in [0.2, 0.25) is 5.91 Å². The zero-order valence-corrected chi connectivity index (χ0v) is 12.3. The van der Waals surface area contributed by atoms with Crippen molar-refractivity contribution >= 4 is 23.4 Å². The van der Waals surface area contributed by atoms with Crippen molar-refractivity contribution in [2.75, 3.05) is 11.9 Å². The molecule has 21 heavy (non-hydrogen) atoms. The number of benzene rings is 1. The van der Waals surface area contributed by atoms with Gasteiger partial charge < -0.3 is 10.6 Å². The number of carbonyl (C=O) groups is 1. The van der Waals surface area contributed by atoms with Gasteiger partial charge in [-0.1, -0.05) is 30.3 Å². The number of rotatable bonds is 4. The van der Waals surface area contributed by atoms with Gasteiger partial charge in [0, 0.05) is 4.90 Å². The topological polar surface area (TPSA) is 41.1 Å². The average molecular weight is 312 g/mol. The molecule has 0 bridgehead atoms. The van der Waals surface area contributed by atoms with E-state index in [2.05, 4.69) is 10.6 Å². The SMILES string of the molecule is O=C(Nc1ccccc1SC(F)F)C1NCC2CCCC21. The van der Waals surface area contributed by atoms with Gasteiger partial charge in [0.25, 0.3) is 5.76 Å². The van der Waals surface area contributed by atoms with Crippen LogP contribution < -0.4 is 10.6 Å². The Hall–Kier alpha value is -1.14. The molecular formula is C15H18F2N2OS. The summed E-state index contributed by atoms with van der Waals surface area (Å²) in [6.07, 6.45) is 3.43. The predicted molar refractivity (Wildman–Crippen MR) is 79.6 cm³/mol. The fourth-order valence-electron chi connectivity index (χ4n) is 3.45. The summed E-state index contributed by atoms with van der Waals surface area (Å²) >= 11 is 0.461. The van der Waals surface area contributed by atoms with E-state index in [1.54, 1.807) is 24.3 Å². The zero-order chi connectivity index (χ0) is 14.8. The summed E-state index contributed by atoms with van der Waals surface area (Å²) in [4.78, 5) is 12.8. The van der Waals surface area contributed by atoms with E-state index in [1.165, 1.54) is 12.8 Å². The van der Waals surface area contributed by atoms with Crippen LogP contribution in [0.4, 0.5) is 14.5 Å². The highest BCUT2D eigenvalue weighted by Gasteiger charge is 2.42. The molecule has 3 atom stereocenters.